The number of allylic oxidation sites excluding steroid dienone is 5. The van der Waals surface area contributed by atoms with Crippen LogP contribution in [0.5, 0.6) is 0 Å². The molecule has 12 aliphatic rings. The van der Waals surface area contributed by atoms with Crippen LogP contribution in [-0.4, -0.2) is 143 Å². The van der Waals surface area contributed by atoms with E-state index in [1.165, 1.54) is 12.8 Å². The third kappa shape index (κ3) is 10.5. The Balaban J connectivity index is 1.03. The molecule has 84 heavy (non-hydrogen) atoms. The lowest BCUT2D eigenvalue weighted by Crippen LogP contribution is -2.74. The third-order valence-electron chi connectivity index (χ3n) is 26.1. The number of dihydropyridines is 1. The number of aliphatic hydroxyl groups excluding tert-OH is 5. The van der Waals surface area contributed by atoms with Crippen molar-refractivity contribution in [3.63, 3.8) is 0 Å². The molecule has 13 N–H and O–H groups in total. The van der Waals surface area contributed by atoms with Crippen molar-refractivity contribution in [3.05, 3.63) is 46.8 Å². The molecule has 8 saturated carbocycles. The van der Waals surface area contributed by atoms with Crippen LogP contribution in [0.2, 0.25) is 0 Å². The number of hydrogen-bond acceptors (Lipinski definition) is 15. The van der Waals surface area contributed by atoms with Crippen LogP contribution >= 0.6 is 0 Å². The first-order valence-corrected chi connectivity index (χ1v) is 34.5. The monoisotopic (exact) mass is 1170 g/mol. The van der Waals surface area contributed by atoms with E-state index in [1.54, 1.807) is 6.92 Å². The molecule has 0 aromatic heterocycles. The Morgan fingerprint density at radius 3 is 2.32 bits per heavy atom. The Labute approximate surface area is 501 Å². The van der Waals surface area contributed by atoms with Gasteiger partial charge in [-0.1, -0.05) is 89.4 Å². The topological polar surface area (TPSA) is 268 Å². The van der Waals surface area contributed by atoms with Gasteiger partial charge in [-0.25, -0.2) is 0 Å². The molecule has 1 spiro atoms. The molecule has 10 aliphatic carbocycles. The molecule has 472 valence electrons. The molecule has 0 bridgehead atoms. The molecule has 2 heterocycles. The highest BCUT2D eigenvalue weighted by Crippen LogP contribution is 2.77. The van der Waals surface area contributed by atoms with Crippen molar-refractivity contribution in [3.8, 4) is 0 Å². The van der Waals surface area contributed by atoms with Gasteiger partial charge in [0, 0.05) is 54.5 Å². The van der Waals surface area contributed by atoms with Crippen molar-refractivity contribution in [1.29, 1.82) is 0 Å². The summed E-state index contributed by atoms with van der Waals surface area (Å²) in [5.41, 5.74) is -1.23. The Morgan fingerprint density at radius 1 is 0.845 bits per heavy atom. The zero-order valence-corrected chi connectivity index (χ0v) is 51.1. The number of carbonyl (C=O) groups is 1. The quantitative estimate of drug-likeness (QED) is 0.0627. The van der Waals surface area contributed by atoms with Crippen molar-refractivity contribution in [2.75, 3.05) is 19.8 Å². The first-order chi connectivity index (χ1) is 40.3. The fraction of sp³-hybridized carbons (Fsp3) is 0.870. The van der Waals surface area contributed by atoms with E-state index in [2.05, 4.69) is 23.6 Å². The standard InChI is InChI=1S/C69H109N3O12/c1-3-11-41-20-24-48-55(26-21-41)84-63-58(48)51(74)17-9-31-69(63,82)64(2,79)56-29-33-68(81)59-60(71-39-54(77)43-12-5-4-6-13-43)61(78)49-36-52(75)53(76)38-65(49)37-44(47-25-27-57(70)72-50(47)16-10-34-73)28-32-66(80,62(59)65)40-67(56,68)45-22-18-42(19-23-45)30-35-83-46-14-7-8-15-46/h25,27-28,32,41-46,48-49,51-58,62-63,71-77,79-82H,3-24,26,29-31,33-40,70H2,1-2H3. The molecule has 1 saturated heterocycles. The van der Waals surface area contributed by atoms with Gasteiger partial charge in [0.05, 0.1) is 71.4 Å². The number of fused-ring (bicyclic) bond motifs is 5. The van der Waals surface area contributed by atoms with Crippen LogP contribution in [-0.2, 0) is 14.3 Å². The molecular weight excluding hydrogens is 1060 g/mol. The maximum absolute atomic E-state index is 16.5. The Bertz CT molecular complexity index is 2460. The molecule has 12 rings (SSSR count). The van der Waals surface area contributed by atoms with E-state index in [0.29, 0.717) is 75.1 Å². The highest BCUT2D eigenvalue weighted by atomic mass is 16.5. The molecule has 15 nitrogen and oxygen atoms in total. The second-order valence-corrected chi connectivity index (χ2v) is 30.4. The van der Waals surface area contributed by atoms with Gasteiger partial charge in [-0.05, 0) is 200 Å². The second-order valence-electron chi connectivity index (χ2n) is 30.4. The van der Waals surface area contributed by atoms with Crippen LogP contribution < -0.4 is 16.4 Å². The van der Waals surface area contributed by atoms with E-state index >= 15 is 9.90 Å². The Morgan fingerprint density at radius 2 is 1.57 bits per heavy atom. The molecule has 2 aliphatic heterocycles. The molecule has 9 fully saturated rings. The average Bonchev–Trinajstić information content (AvgIpc) is 1.28. The largest absolute Gasteiger partial charge is 0.396 e. The average molecular weight is 1170 g/mol. The van der Waals surface area contributed by atoms with Crippen LogP contribution in [0, 0.1) is 70.0 Å². The van der Waals surface area contributed by atoms with Gasteiger partial charge < -0.3 is 71.8 Å². The summed E-state index contributed by atoms with van der Waals surface area (Å²) in [5.74, 6) is -3.14. The van der Waals surface area contributed by atoms with E-state index < -0.39 is 99.5 Å². The van der Waals surface area contributed by atoms with Crippen molar-refractivity contribution < 1.29 is 60.2 Å². The Kier molecular flexibility index (Phi) is 18.1. The lowest BCUT2D eigenvalue weighted by molar-refractivity contribution is -0.276. The number of nitrogens with two attached hydrogens (primary N) is 1. The highest BCUT2D eigenvalue weighted by molar-refractivity contribution is 6.00. The number of aliphatic hydroxyl groups is 9. The van der Waals surface area contributed by atoms with Crippen LogP contribution in [0.15, 0.2) is 46.8 Å². The Hall–Kier alpha value is -2.25. The minimum atomic E-state index is -1.95. The molecule has 0 aromatic carbocycles. The molecule has 0 aromatic rings. The van der Waals surface area contributed by atoms with Gasteiger partial charge in [-0.3, -0.25) is 4.79 Å². The molecule has 0 amide bonds. The maximum atomic E-state index is 16.5. The molecular formula is C69H109N3O12. The van der Waals surface area contributed by atoms with Gasteiger partial charge in [0.15, 0.2) is 5.78 Å². The SMILES string of the molecule is CCCC1CCC2OC3C(C(O)CCCC3(O)C(C)(O)C3CCC4(O)C5=C(NCC(O)C6CCCCC6)C(=O)C6CC(O)C(O)CC67CC(C6=C(CCCO)NC(N)C=C6)C=CC(O)(CC34C3CCC(CCOC4CCCC4)CC3)C57)C2CC1. The summed E-state index contributed by atoms with van der Waals surface area (Å²) >= 11 is 0. The maximum Gasteiger partial charge on any atom is 0.182 e. The smallest absolute Gasteiger partial charge is 0.182 e. The van der Waals surface area contributed by atoms with Crippen LogP contribution in [0.1, 0.15) is 213 Å². The van der Waals surface area contributed by atoms with Gasteiger partial charge in [0.2, 0.25) is 0 Å². The zero-order chi connectivity index (χ0) is 59.0. The van der Waals surface area contributed by atoms with Crippen LogP contribution in [0.4, 0.5) is 0 Å². The normalized spacial score (nSPS) is 46.4. The van der Waals surface area contributed by atoms with E-state index in [1.807, 2.05) is 18.2 Å². The number of ketones is 1. The minimum absolute atomic E-state index is 0.00121. The van der Waals surface area contributed by atoms with E-state index in [-0.39, 0.29) is 87.0 Å². The predicted octanol–water partition coefficient (Wildman–Crippen LogP) is 7.57. The summed E-state index contributed by atoms with van der Waals surface area (Å²) in [7, 11) is 0. The lowest BCUT2D eigenvalue weighted by Gasteiger charge is -2.69. The highest BCUT2D eigenvalue weighted by Gasteiger charge is 2.80. The number of carbonyl (C=O) groups excluding carboxylic acids is 1. The number of ether oxygens (including phenoxy) is 2. The first-order valence-electron chi connectivity index (χ1n) is 34.5. The lowest BCUT2D eigenvalue weighted by atomic mass is 9.37. The van der Waals surface area contributed by atoms with Gasteiger partial charge in [-0.15, -0.1) is 0 Å². The summed E-state index contributed by atoms with van der Waals surface area (Å²) < 4.78 is 13.7. The number of rotatable bonds is 17. The second kappa shape index (κ2) is 24.5. The number of nitrogens with one attached hydrogen (secondary N) is 2. The number of hydrogen-bond donors (Lipinski definition) is 12. The third-order valence-corrected chi connectivity index (χ3v) is 26.1. The summed E-state index contributed by atoms with van der Waals surface area (Å²) in [6.45, 7) is 4.72. The fourth-order valence-electron chi connectivity index (χ4n) is 22.1. The molecule has 15 heteroatoms. The van der Waals surface area contributed by atoms with Crippen LogP contribution in [0.25, 0.3) is 0 Å². The van der Waals surface area contributed by atoms with Gasteiger partial charge >= 0.3 is 0 Å². The van der Waals surface area contributed by atoms with Gasteiger partial charge in [0.1, 0.15) is 5.60 Å². The minimum Gasteiger partial charge on any atom is -0.396 e. The van der Waals surface area contributed by atoms with E-state index in [9.17, 15) is 40.9 Å². The summed E-state index contributed by atoms with van der Waals surface area (Å²) in [5, 5.41) is 124. The first kappa shape index (κ1) is 62.0. The van der Waals surface area contributed by atoms with Crippen molar-refractivity contribution >= 4 is 5.78 Å². The van der Waals surface area contributed by atoms with Crippen LogP contribution in [0.3, 0.4) is 0 Å². The summed E-state index contributed by atoms with van der Waals surface area (Å²) in [4.78, 5) is 16.5. The van der Waals surface area contributed by atoms with Crippen molar-refractivity contribution in [2.24, 2.45) is 75.7 Å². The molecule has 20 atom stereocenters. The van der Waals surface area contributed by atoms with Gasteiger partial charge in [0.25, 0.3) is 0 Å². The van der Waals surface area contributed by atoms with Crippen molar-refractivity contribution in [1.82, 2.24) is 10.6 Å². The number of Topliss-reactive ketones (excluding diaryl/α,β-unsaturated/α-hetero) is 1. The molecule has 0 radical (unpaired) electrons. The van der Waals surface area contributed by atoms with E-state index in [4.69, 9.17) is 15.2 Å². The van der Waals surface area contributed by atoms with Crippen molar-refractivity contribution in [2.45, 2.75) is 284 Å². The predicted molar refractivity (Wildman–Crippen MR) is 320 cm³/mol. The summed E-state index contributed by atoms with van der Waals surface area (Å²) in [6, 6.07) is 0. The zero-order valence-electron chi connectivity index (χ0n) is 51.1. The van der Waals surface area contributed by atoms with E-state index in [0.717, 1.165) is 114 Å². The summed E-state index contributed by atoms with van der Waals surface area (Å²) in [6.07, 6.45) is 24.9. The fourth-order valence-corrected chi connectivity index (χ4v) is 22.1. The molecule has 20 unspecified atom stereocenters. The van der Waals surface area contributed by atoms with Gasteiger partial charge in [-0.2, -0.15) is 0 Å².